The molecule has 2 aromatic rings. The predicted molar refractivity (Wildman–Crippen MR) is 99.3 cm³/mol. The Morgan fingerprint density at radius 3 is 2.72 bits per heavy atom. The lowest BCUT2D eigenvalue weighted by atomic mass is 9.97. The van der Waals surface area contributed by atoms with Crippen LogP contribution in [0.1, 0.15) is 40.2 Å². The number of nitrogens with one attached hydrogen (secondary N) is 1. The van der Waals surface area contributed by atoms with Crippen molar-refractivity contribution in [1.29, 1.82) is 0 Å². The first kappa shape index (κ1) is 16.1. The van der Waals surface area contributed by atoms with Crippen molar-refractivity contribution in [2.45, 2.75) is 25.8 Å². The maximum Gasteiger partial charge on any atom is 0.321 e. The second kappa shape index (κ2) is 6.52. The van der Waals surface area contributed by atoms with Gasteiger partial charge in [-0.05, 0) is 54.1 Å². The van der Waals surface area contributed by atoms with E-state index in [-0.39, 0.29) is 18.0 Å². The van der Waals surface area contributed by atoms with Crippen LogP contribution in [0, 0.1) is 0 Å². The lowest BCUT2D eigenvalue weighted by molar-refractivity contribution is 0.0657. The number of hydrogen-bond acceptors (Lipinski definition) is 3. The summed E-state index contributed by atoms with van der Waals surface area (Å²) < 4.78 is 0. The van der Waals surface area contributed by atoms with Gasteiger partial charge in [-0.3, -0.25) is 9.69 Å². The molecule has 1 atom stereocenters. The number of carbonyl (C=O) groups excluding carboxylic acids is 2. The lowest BCUT2D eigenvalue weighted by Gasteiger charge is -2.35. The van der Waals surface area contributed by atoms with Gasteiger partial charge in [-0.15, -0.1) is 11.3 Å². The van der Waals surface area contributed by atoms with Crippen molar-refractivity contribution in [2.24, 2.45) is 0 Å². The van der Waals surface area contributed by atoms with Crippen LogP contribution in [0.4, 0.5) is 10.5 Å². The molecule has 3 heterocycles. The van der Waals surface area contributed by atoms with E-state index in [1.54, 1.807) is 16.2 Å². The highest BCUT2D eigenvalue weighted by Crippen LogP contribution is 2.36. The number of urea groups is 1. The van der Waals surface area contributed by atoms with Crippen molar-refractivity contribution in [3.05, 3.63) is 51.7 Å². The Morgan fingerprint density at radius 1 is 1.24 bits per heavy atom. The van der Waals surface area contributed by atoms with E-state index in [9.17, 15) is 9.59 Å². The number of thiophene rings is 1. The molecule has 0 bridgehead atoms. The molecule has 2 aliphatic rings. The molecule has 0 radical (unpaired) electrons. The van der Waals surface area contributed by atoms with E-state index < -0.39 is 0 Å². The van der Waals surface area contributed by atoms with Gasteiger partial charge in [-0.1, -0.05) is 6.92 Å². The topological polar surface area (TPSA) is 52.7 Å². The van der Waals surface area contributed by atoms with Crippen LogP contribution in [0.5, 0.6) is 0 Å². The minimum Gasteiger partial charge on any atom is -0.336 e. The fourth-order valence-corrected chi connectivity index (χ4v) is 4.68. The minimum atomic E-state index is -0.0776. The van der Waals surface area contributed by atoms with Crippen molar-refractivity contribution in [3.8, 4) is 0 Å². The van der Waals surface area contributed by atoms with E-state index >= 15 is 0 Å². The van der Waals surface area contributed by atoms with E-state index in [2.05, 4.69) is 23.7 Å². The zero-order valence-corrected chi connectivity index (χ0v) is 15.0. The average molecular weight is 355 g/mol. The van der Waals surface area contributed by atoms with Crippen LogP contribution in [0.3, 0.4) is 0 Å². The molecule has 2 aliphatic heterocycles. The molecule has 1 unspecified atom stereocenters. The zero-order valence-electron chi connectivity index (χ0n) is 14.2. The maximum atomic E-state index is 13.0. The normalized spacial score (nSPS) is 19.7. The Morgan fingerprint density at radius 2 is 2.04 bits per heavy atom. The van der Waals surface area contributed by atoms with Gasteiger partial charge in [0, 0.05) is 35.8 Å². The first-order chi connectivity index (χ1) is 12.2. The molecule has 1 saturated heterocycles. The van der Waals surface area contributed by atoms with Crippen LogP contribution in [-0.2, 0) is 6.42 Å². The second-order valence-corrected chi connectivity index (χ2v) is 7.40. The van der Waals surface area contributed by atoms with Crippen molar-refractivity contribution in [3.63, 3.8) is 0 Å². The number of carbonyl (C=O) groups is 2. The number of rotatable bonds is 3. The molecule has 3 amide bonds. The number of anilines is 1. The van der Waals surface area contributed by atoms with E-state index in [0.717, 1.165) is 25.1 Å². The highest BCUT2D eigenvalue weighted by Gasteiger charge is 2.31. The van der Waals surface area contributed by atoms with E-state index in [4.69, 9.17) is 0 Å². The third-order valence-corrected chi connectivity index (χ3v) is 6.02. The minimum absolute atomic E-state index is 0.0705. The van der Waals surface area contributed by atoms with Crippen LogP contribution < -0.4 is 10.2 Å². The standard InChI is InChI=1S/C19H21N3O2S/c1-2-16-15-8-12-25-17(15)7-10-22(16)18(23)13-3-5-14(6-4-13)21-11-9-20-19(21)24/h3-6,8,12,16H,2,7,9-11H2,1H3,(H,20,24). The Hall–Kier alpha value is -2.34. The fourth-order valence-electron chi connectivity index (χ4n) is 3.75. The molecular formula is C19H21N3O2S. The number of hydrogen-bond donors (Lipinski definition) is 1. The molecule has 6 heteroatoms. The van der Waals surface area contributed by atoms with E-state index in [1.807, 2.05) is 29.2 Å². The summed E-state index contributed by atoms with van der Waals surface area (Å²) in [5, 5.41) is 4.91. The summed E-state index contributed by atoms with van der Waals surface area (Å²) in [5.41, 5.74) is 2.82. The summed E-state index contributed by atoms with van der Waals surface area (Å²) in [4.78, 5) is 29.9. The molecule has 1 aromatic carbocycles. The van der Waals surface area contributed by atoms with Gasteiger partial charge in [0.05, 0.1) is 6.04 Å². The first-order valence-electron chi connectivity index (χ1n) is 8.71. The Labute approximate surface area is 151 Å². The van der Waals surface area contributed by atoms with E-state index in [1.165, 1.54) is 10.4 Å². The Balaban J connectivity index is 1.55. The first-order valence-corrected chi connectivity index (χ1v) is 9.59. The third kappa shape index (κ3) is 2.80. The highest BCUT2D eigenvalue weighted by atomic mass is 32.1. The van der Waals surface area contributed by atoms with Crippen molar-refractivity contribution >= 4 is 29.0 Å². The smallest absolute Gasteiger partial charge is 0.321 e. The number of benzene rings is 1. The van der Waals surface area contributed by atoms with Crippen LogP contribution in [0.25, 0.3) is 0 Å². The van der Waals surface area contributed by atoms with Crippen LogP contribution >= 0.6 is 11.3 Å². The second-order valence-electron chi connectivity index (χ2n) is 6.40. The average Bonchev–Trinajstić information content (AvgIpc) is 3.29. The van der Waals surface area contributed by atoms with Crippen molar-refractivity contribution in [2.75, 3.05) is 24.5 Å². The Kier molecular flexibility index (Phi) is 4.21. The Bertz CT molecular complexity index is 799. The summed E-state index contributed by atoms with van der Waals surface area (Å²) >= 11 is 1.79. The van der Waals surface area contributed by atoms with Crippen LogP contribution in [0.15, 0.2) is 35.7 Å². The van der Waals surface area contributed by atoms with Gasteiger partial charge in [-0.25, -0.2) is 4.79 Å². The van der Waals surface area contributed by atoms with E-state index in [0.29, 0.717) is 18.7 Å². The molecular weight excluding hydrogens is 334 g/mol. The quantitative estimate of drug-likeness (QED) is 0.917. The number of nitrogens with zero attached hydrogens (tertiary/aromatic N) is 2. The largest absolute Gasteiger partial charge is 0.336 e. The predicted octanol–water partition coefficient (Wildman–Crippen LogP) is 3.43. The summed E-state index contributed by atoms with van der Waals surface area (Å²) in [6.45, 7) is 4.22. The molecule has 0 aliphatic carbocycles. The third-order valence-electron chi connectivity index (χ3n) is 5.03. The molecule has 5 nitrogen and oxygen atoms in total. The highest BCUT2D eigenvalue weighted by molar-refractivity contribution is 7.10. The van der Waals surface area contributed by atoms with Crippen molar-refractivity contribution in [1.82, 2.24) is 10.2 Å². The molecule has 1 aromatic heterocycles. The van der Waals surface area contributed by atoms with Gasteiger partial charge in [0.2, 0.25) is 0 Å². The molecule has 1 fully saturated rings. The SMILES string of the molecule is CCC1c2ccsc2CCN1C(=O)c1ccc(N2CCNC2=O)cc1. The summed E-state index contributed by atoms with van der Waals surface area (Å²) in [7, 11) is 0. The molecule has 4 rings (SSSR count). The van der Waals surface area contributed by atoms with Gasteiger partial charge >= 0.3 is 6.03 Å². The lowest BCUT2D eigenvalue weighted by Crippen LogP contribution is -2.39. The van der Waals surface area contributed by atoms with Gasteiger partial charge in [-0.2, -0.15) is 0 Å². The van der Waals surface area contributed by atoms with Gasteiger partial charge in [0.15, 0.2) is 0 Å². The maximum absolute atomic E-state index is 13.0. The van der Waals surface area contributed by atoms with Gasteiger partial charge < -0.3 is 10.2 Å². The van der Waals surface area contributed by atoms with Crippen LogP contribution in [-0.4, -0.2) is 36.5 Å². The van der Waals surface area contributed by atoms with Crippen molar-refractivity contribution < 1.29 is 9.59 Å². The van der Waals surface area contributed by atoms with Gasteiger partial charge in [0.1, 0.15) is 0 Å². The summed E-state index contributed by atoms with van der Waals surface area (Å²) in [5.74, 6) is 0.0705. The molecule has 1 N–H and O–H groups in total. The fraction of sp³-hybridized carbons (Fsp3) is 0.368. The zero-order chi connectivity index (χ0) is 17.4. The van der Waals surface area contributed by atoms with Gasteiger partial charge in [0.25, 0.3) is 5.91 Å². The number of fused-ring (bicyclic) bond motifs is 1. The monoisotopic (exact) mass is 355 g/mol. The molecule has 130 valence electrons. The number of amides is 3. The summed E-state index contributed by atoms with van der Waals surface area (Å²) in [6, 6.07) is 9.62. The molecule has 0 saturated carbocycles. The molecule has 0 spiro atoms. The molecule has 25 heavy (non-hydrogen) atoms. The van der Waals surface area contributed by atoms with Crippen LogP contribution in [0.2, 0.25) is 0 Å². The summed E-state index contributed by atoms with van der Waals surface area (Å²) in [6.07, 6.45) is 1.85.